The summed E-state index contributed by atoms with van der Waals surface area (Å²) in [5, 5.41) is 3.37. The number of hydrogen-bond donors (Lipinski definition) is 1. The number of benzene rings is 3. The Hall–Kier alpha value is -3.14. The third-order valence-corrected chi connectivity index (χ3v) is 8.27. The first kappa shape index (κ1) is 30.4. The molecule has 0 fully saturated rings. The number of amides is 2. The normalized spacial score (nSPS) is 12.5. The Labute approximate surface area is 238 Å². The van der Waals surface area contributed by atoms with Gasteiger partial charge in [-0.1, -0.05) is 59.6 Å². The highest BCUT2D eigenvalue weighted by Gasteiger charge is 2.34. The van der Waals surface area contributed by atoms with Crippen LogP contribution in [0.2, 0.25) is 10.0 Å². The summed E-state index contributed by atoms with van der Waals surface area (Å²) in [6.07, 6.45) is 0. The molecule has 0 unspecified atom stereocenters. The van der Waals surface area contributed by atoms with E-state index in [1.165, 1.54) is 54.3 Å². The van der Waals surface area contributed by atoms with E-state index < -0.39 is 45.8 Å². The number of rotatable bonds is 9. The lowest BCUT2D eigenvalue weighted by molar-refractivity contribution is -0.140. The van der Waals surface area contributed by atoms with Crippen LogP contribution in [0.15, 0.2) is 77.7 Å². The van der Waals surface area contributed by atoms with Crippen molar-refractivity contribution in [2.24, 2.45) is 0 Å². The molecule has 208 valence electrons. The number of nitrogens with one attached hydrogen (secondary N) is 1. The highest BCUT2D eigenvalue weighted by atomic mass is 35.5. The molecule has 1 atom stereocenters. The quantitative estimate of drug-likeness (QED) is 0.347. The van der Waals surface area contributed by atoms with Crippen LogP contribution in [0, 0.1) is 5.82 Å². The summed E-state index contributed by atoms with van der Waals surface area (Å²) in [6.45, 7) is 5.92. The van der Waals surface area contributed by atoms with Crippen LogP contribution in [-0.4, -0.2) is 43.3 Å². The van der Waals surface area contributed by atoms with E-state index in [-0.39, 0.29) is 27.2 Å². The molecule has 3 aromatic rings. The Morgan fingerprint density at radius 2 is 1.49 bits per heavy atom. The molecule has 0 aromatic heterocycles. The smallest absolute Gasteiger partial charge is 0.264 e. The molecule has 0 saturated carbocycles. The van der Waals surface area contributed by atoms with Gasteiger partial charge in [0.05, 0.1) is 10.6 Å². The SMILES string of the molecule is C[C@@H](C(=O)NC(C)(C)C)N(Cc1c(Cl)cccc1Cl)C(=O)CN(c1ccccc1F)S(=O)(=O)c1ccccc1. The van der Waals surface area contributed by atoms with Gasteiger partial charge in [-0.15, -0.1) is 0 Å². The highest BCUT2D eigenvalue weighted by molar-refractivity contribution is 7.92. The van der Waals surface area contributed by atoms with Crippen molar-refractivity contribution < 1.29 is 22.4 Å². The van der Waals surface area contributed by atoms with Crippen molar-refractivity contribution in [1.29, 1.82) is 0 Å². The third kappa shape index (κ3) is 7.50. The number of sulfonamides is 1. The van der Waals surface area contributed by atoms with Crippen molar-refractivity contribution in [3.05, 3.63) is 94.2 Å². The molecular formula is C28H30Cl2FN3O4S. The van der Waals surface area contributed by atoms with Gasteiger partial charge in [0.15, 0.2) is 0 Å². The van der Waals surface area contributed by atoms with Gasteiger partial charge in [-0.25, -0.2) is 12.8 Å². The fraction of sp³-hybridized carbons (Fsp3) is 0.286. The van der Waals surface area contributed by atoms with Gasteiger partial charge in [-0.3, -0.25) is 13.9 Å². The molecule has 2 amide bonds. The second-order valence-corrected chi connectivity index (χ2v) is 12.6. The molecule has 1 N–H and O–H groups in total. The Morgan fingerprint density at radius 1 is 0.923 bits per heavy atom. The van der Waals surface area contributed by atoms with Crippen LogP contribution in [0.1, 0.15) is 33.3 Å². The Balaban J connectivity index is 2.08. The molecule has 0 radical (unpaired) electrons. The van der Waals surface area contributed by atoms with Crippen LogP contribution < -0.4 is 9.62 Å². The second-order valence-electron chi connectivity index (χ2n) is 9.91. The van der Waals surface area contributed by atoms with Gasteiger partial charge in [-0.05, 0) is 64.1 Å². The average Bonchev–Trinajstić information content (AvgIpc) is 2.86. The van der Waals surface area contributed by atoms with Gasteiger partial charge < -0.3 is 10.2 Å². The minimum atomic E-state index is -4.38. The van der Waals surface area contributed by atoms with Crippen LogP contribution in [0.4, 0.5) is 10.1 Å². The Morgan fingerprint density at radius 3 is 2.05 bits per heavy atom. The number of halogens is 3. The van der Waals surface area contributed by atoms with Crippen molar-refractivity contribution in [2.45, 2.75) is 50.7 Å². The zero-order valence-corrected chi connectivity index (χ0v) is 24.3. The largest absolute Gasteiger partial charge is 0.350 e. The highest BCUT2D eigenvalue weighted by Crippen LogP contribution is 2.29. The topological polar surface area (TPSA) is 86.8 Å². The third-order valence-electron chi connectivity index (χ3n) is 5.79. The Bertz CT molecular complexity index is 1430. The van der Waals surface area contributed by atoms with E-state index in [9.17, 15) is 22.4 Å². The number of para-hydroxylation sites is 1. The number of carbonyl (C=O) groups excluding carboxylic acids is 2. The summed E-state index contributed by atoms with van der Waals surface area (Å²) in [5.41, 5.74) is -0.525. The predicted octanol–water partition coefficient (Wildman–Crippen LogP) is 5.66. The maximum Gasteiger partial charge on any atom is 0.264 e. The number of carbonyl (C=O) groups is 2. The van der Waals surface area contributed by atoms with E-state index in [1.54, 1.807) is 45.0 Å². The van der Waals surface area contributed by atoms with Crippen LogP contribution in [0.3, 0.4) is 0 Å². The number of hydrogen-bond acceptors (Lipinski definition) is 4. The van der Waals surface area contributed by atoms with E-state index in [0.29, 0.717) is 9.87 Å². The molecule has 7 nitrogen and oxygen atoms in total. The van der Waals surface area contributed by atoms with Crippen LogP contribution >= 0.6 is 23.2 Å². The second kappa shape index (κ2) is 12.4. The van der Waals surface area contributed by atoms with Crippen LogP contribution in [0.25, 0.3) is 0 Å². The van der Waals surface area contributed by atoms with E-state index in [4.69, 9.17) is 23.2 Å². The van der Waals surface area contributed by atoms with E-state index in [2.05, 4.69) is 5.32 Å². The fourth-order valence-corrected chi connectivity index (χ4v) is 5.76. The van der Waals surface area contributed by atoms with Gasteiger partial charge in [0.25, 0.3) is 10.0 Å². The van der Waals surface area contributed by atoms with Gasteiger partial charge in [0.1, 0.15) is 18.4 Å². The summed E-state index contributed by atoms with van der Waals surface area (Å²) in [4.78, 5) is 28.1. The molecule has 0 aliphatic rings. The van der Waals surface area contributed by atoms with E-state index in [0.717, 1.165) is 6.07 Å². The zero-order valence-electron chi connectivity index (χ0n) is 22.0. The summed E-state index contributed by atoms with van der Waals surface area (Å²) >= 11 is 12.7. The molecule has 0 bridgehead atoms. The summed E-state index contributed by atoms with van der Waals surface area (Å²) in [7, 11) is -4.38. The molecule has 3 aromatic carbocycles. The van der Waals surface area contributed by atoms with E-state index >= 15 is 0 Å². The minimum Gasteiger partial charge on any atom is -0.350 e. The maximum absolute atomic E-state index is 14.9. The van der Waals surface area contributed by atoms with Crippen molar-refractivity contribution in [1.82, 2.24) is 10.2 Å². The predicted molar refractivity (Wildman–Crippen MR) is 152 cm³/mol. The lowest BCUT2D eigenvalue weighted by Crippen LogP contribution is -2.54. The van der Waals surface area contributed by atoms with Crippen molar-refractivity contribution >= 4 is 50.7 Å². The molecule has 0 aliphatic carbocycles. The first-order valence-corrected chi connectivity index (χ1v) is 14.3. The number of anilines is 1. The summed E-state index contributed by atoms with van der Waals surface area (Å²) < 4.78 is 43.0. The zero-order chi connectivity index (χ0) is 29.0. The van der Waals surface area contributed by atoms with Gasteiger partial charge in [0.2, 0.25) is 11.8 Å². The van der Waals surface area contributed by atoms with E-state index in [1.807, 2.05) is 0 Å². The lowest BCUT2D eigenvalue weighted by atomic mass is 10.1. The molecular weight excluding hydrogens is 564 g/mol. The van der Waals surface area contributed by atoms with Crippen molar-refractivity contribution in [2.75, 3.05) is 10.8 Å². The van der Waals surface area contributed by atoms with Gasteiger partial charge in [-0.2, -0.15) is 0 Å². The standard InChI is InChI=1S/C28H30Cl2FN3O4S/c1-19(27(36)32-28(2,3)4)33(17-21-22(29)13-10-14-23(21)30)26(35)18-34(25-16-9-8-15-24(25)31)39(37,38)20-11-6-5-7-12-20/h5-16,19H,17-18H2,1-4H3,(H,32,36)/t19-/m0/s1. The minimum absolute atomic E-state index is 0.125. The van der Waals surface area contributed by atoms with Crippen molar-refractivity contribution in [3.63, 3.8) is 0 Å². The van der Waals surface area contributed by atoms with Gasteiger partial charge >= 0.3 is 0 Å². The van der Waals surface area contributed by atoms with Gasteiger partial charge in [0, 0.05) is 27.7 Å². The first-order chi connectivity index (χ1) is 18.2. The van der Waals surface area contributed by atoms with Crippen LogP contribution in [0.5, 0.6) is 0 Å². The average molecular weight is 595 g/mol. The summed E-state index contributed by atoms with van der Waals surface area (Å²) in [5.74, 6) is -2.06. The maximum atomic E-state index is 14.9. The fourth-order valence-electron chi connectivity index (χ4n) is 3.80. The Kier molecular flexibility index (Phi) is 9.64. The lowest BCUT2D eigenvalue weighted by Gasteiger charge is -2.33. The first-order valence-electron chi connectivity index (χ1n) is 12.1. The van der Waals surface area contributed by atoms with Crippen molar-refractivity contribution in [3.8, 4) is 0 Å². The molecule has 0 spiro atoms. The monoisotopic (exact) mass is 593 g/mol. The molecule has 0 heterocycles. The number of nitrogens with zero attached hydrogens (tertiary/aromatic N) is 2. The molecule has 39 heavy (non-hydrogen) atoms. The summed E-state index contributed by atoms with van der Waals surface area (Å²) in [6, 6.07) is 16.4. The van der Waals surface area contributed by atoms with Crippen LogP contribution in [-0.2, 0) is 26.2 Å². The molecule has 0 saturated heterocycles. The molecule has 3 rings (SSSR count). The molecule has 11 heteroatoms. The molecule has 0 aliphatic heterocycles.